The minimum Gasteiger partial charge on any atom is -0.376 e. The zero-order chi connectivity index (χ0) is 21.8. The maximum atomic E-state index is 12.6. The maximum absolute atomic E-state index is 12.6. The van der Waals surface area contributed by atoms with Crippen molar-refractivity contribution in [3.8, 4) is 0 Å². The van der Waals surface area contributed by atoms with Crippen LogP contribution in [-0.2, 0) is 21.0 Å². The molecule has 1 fully saturated rings. The Balaban J connectivity index is 1.54. The summed E-state index contributed by atoms with van der Waals surface area (Å²) in [5, 5.41) is 5.36. The number of hydrogen-bond donors (Lipinski definition) is 2. The maximum Gasteiger partial charge on any atom is 0.416 e. The summed E-state index contributed by atoms with van der Waals surface area (Å²) in [4.78, 5) is 12.2. The third kappa shape index (κ3) is 5.51. The Hall–Kier alpha value is -2.59. The van der Waals surface area contributed by atoms with E-state index in [1.165, 1.54) is 40.7 Å². The van der Waals surface area contributed by atoms with Crippen molar-refractivity contribution in [2.24, 2.45) is 0 Å². The summed E-state index contributed by atoms with van der Waals surface area (Å²) in [6.45, 7) is 0.867. The van der Waals surface area contributed by atoms with Crippen molar-refractivity contribution in [1.82, 2.24) is 4.31 Å². The van der Waals surface area contributed by atoms with Crippen molar-refractivity contribution < 1.29 is 26.4 Å². The summed E-state index contributed by atoms with van der Waals surface area (Å²) in [5.41, 5.74) is 0.0324. The van der Waals surface area contributed by atoms with Gasteiger partial charge in [0.05, 0.1) is 17.0 Å². The number of alkyl halides is 3. The highest BCUT2D eigenvalue weighted by molar-refractivity contribution is 7.89. The highest BCUT2D eigenvalue weighted by atomic mass is 32.2. The van der Waals surface area contributed by atoms with Crippen LogP contribution in [-0.4, -0.2) is 38.3 Å². The number of amides is 1. The lowest BCUT2D eigenvalue weighted by Gasteiger charge is -2.25. The van der Waals surface area contributed by atoms with E-state index in [2.05, 4.69) is 10.6 Å². The number of benzene rings is 2. The van der Waals surface area contributed by atoms with Crippen molar-refractivity contribution in [2.75, 3.05) is 30.3 Å². The highest BCUT2D eigenvalue weighted by Crippen LogP contribution is 2.29. The van der Waals surface area contributed by atoms with Crippen molar-refractivity contribution in [3.05, 3.63) is 54.1 Å². The molecule has 0 spiro atoms. The van der Waals surface area contributed by atoms with Gasteiger partial charge in [-0.05, 0) is 61.4 Å². The van der Waals surface area contributed by atoms with E-state index in [-0.39, 0.29) is 11.4 Å². The van der Waals surface area contributed by atoms with E-state index >= 15 is 0 Å². The molecular weight excluding hydrogens is 419 g/mol. The summed E-state index contributed by atoms with van der Waals surface area (Å²) >= 11 is 0. The quantitative estimate of drug-likeness (QED) is 0.712. The van der Waals surface area contributed by atoms with Gasteiger partial charge in [0.1, 0.15) is 0 Å². The molecule has 6 nitrogen and oxygen atoms in total. The predicted octanol–water partition coefficient (Wildman–Crippen LogP) is 3.93. The Bertz CT molecular complexity index is 969. The summed E-state index contributed by atoms with van der Waals surface area (Å²) < 4.78 is 64.4. The Labute approximate surface area is 173 Å². The second-order valence-electron chi connectivity index (χ2n) is 6.97. The van der Waals surface area contributed by atoms with Gasteiger partial charge in [-0.1, -0.05) is 6.42 Å². The molecule has 0 unspecified atom stereocenters. The van der Waals surface area contributed by atoms with Crippen molar-refractivity contribution in [2.45, 2.75) is 30.3 Å². The number of nitrogens with zero attached hydrogens (tertiary/aromatic N) is 1. The lowest BCUT2D eigenvalue weighted by Crippen LogP contribution is -2.35. The number of piperidine rings is 1. The normalized spacial score (nSPS) is 15.6. The summed E-state index contributed by atoms with van der Waals surface area (Å²) in [7, 11) is -3.54. The number of carbonyl (C=O) groups is 1. The molecule has 2 N–H and O–H groups in total. The molecule has 0 atom stereocenters. The van der Waals surface area contributed by atoms with Crippen LogP contribution < -0.4 is 10.6 Å². The molecule has 0 saturated carbocycles. The van der Waals surface area contributed by atoms with Crippen LogP contribution in [0.3, 0.4) is 0 Å². The lowest BCUT2D eigenvalue weighted by molar-refractivity contribution is -0.137. The molecule has 3 rings (SSSR count). The number of rotatable bonds is 6. The van der Waals surface area contributed by atoms with Crippen LogP contribution >= 0.6 is 0 Å². The number of sulfonamides is 1. The molecule has 162 valence electrons. The predicted molar refractivity (Wildman–Crippen MR) is 108 cm³/mol. The highest BCUT2D eigenvalue weighted by Gasteiger charge is 2.30. The Kier molecular flexibility index (Phi) is 6.67. The monoisotopic (exact) mass is 441 g/mol. The first kappa shape index (κ1) is 22.1. The molecule has 1 heterocycles. The Morgan fingerprint density at radius 1 is 0.900 bits per heavy atom. The summed E-state index contributed by atoms with van der Waals surface area (Å²) in [5.74, 6) is -0.415. The molecule has 0 radical (unpaired) electrons. The van der Waals surface area contributed by atoms with E-state index in [4.69, 9.17) is 0 Å². The van der Waals surface area contributed by atoms with Crippen molar-refractivity contribution >= 4 is 27.3 Å². The topological polar surface area (TPSA) is 78.5 Å². The molecule has 30 heavy (non-hydrogen) atoms. The number of carbonyl (C=O) groups excluding carboxylic acids is 1. The van der Waals surface area contributed by atoms with Gasteiger partial charge >= 0.3 is 6.18 Å². The first-order chi connectivity index (χ1) is 14.2. The van der Waals surface area contributed by atoms with Crippen LogP contribution in [0.15, 0.2) is 53.4 Å². The van der Waals surface area contributed by atoms with Crippen LogP contribution in [0.5, 0.6) is 0 Å². The van der Waals surface area contributed by atoms with Crippen LogP contribution in [0.1, 0.15) is 24.8 Å². The molecule has 10 heteroatoms. The van der Waals surface area contributed by atoms with Crippen LogP contribution in [0.2, 0.25) is 0 Å². The molecule has 0 aromatic heterocycles. The molecule has 1 aliphatic rings. The fourth-order valence-corrected chi connectivity index (χ4v) is 4.65. The molecule has 1 amide bonds. The van der Waals surface area contributed by atoms with Gasteiger partial charge in [-0.2, -0.15) is 17.5 Å². The van der Waals surface area contributed by atoms with E-state index in [0.29, 0.717) is 24.5 Å². The number of anilines is 2. The molecule has 1 saturated heterocycles. The minimum absolute atomic E-state index is 0.154. The fraction of sp³-hybridized carbons (Fsp3) is 0.350. The summed E-state index contributed by atoms with van der Waals surface area (Å²) in [6.07, 6.45) is -1.69. The first-order valence-corrected chi connectivity index (χ1v) is 10.9. The zero-order valence-corrected chi connectivity index (χ0v) is 16.9. The zero-order valence-electron chi connectivity index (χ0n) is 16.1. The average Bonchev–Trinajstić information content (AvgIpc) is 2.73. The van der Waals surface area contributed by atoms with Crippen LogP contribution in [0.25, 0.3) is 0 Å². The van der Waals surface area contributed by atoms with Gasteiger partial charge in [0.2, 0.25) is 15.9 Å². The van der Waals surface area contributed by atoms with Gasteiger partial charge in [0, 0.05) is 24.5 Å². The van der Waals surface area contributed by atoms with Gasteiger partial charge in [0.15, 0.2) is 0 Å². The Morgan fingerprint density at radius 2 is 1.47 bits per heavy atom. The van der Waals surface area contributed by atoms with Gasteiger partial charge in [-0.25, -0.2) is 8.42 Å². The second kappa shape index (κ2) is 9.05. The number of hydrogen-bond acceptors (Lipinski definition) is 4. The van der Waals surface area contributed by atoms with E-state index in [1.807, 2.05) is 0 Å². The SMILES string of the molecule is O=C(CNc1ccc(C(F)(F)F)cc1)Nc1ccc(S(=O)(=O)N2CCCCC2)cc1. The minimum atomic E-state index is -4.41. The molecule has 2 aromatic rings. The van der Waals surface area contributed by atoms with Crippen molar-refractivity contribution in [3.63, 3.8) is 0 Å². The number of nitrogens with one attached hydrogen (secondary N) is 2. The molecule has 1 aliphatic heterocycles. The van der Waals surface area contributed by atoms with E-state index in [0.717, 1.165) is 31.4 Å². The van der Waals surface area contributed by atoms with Crippen LogP contribution in [0.4, 0.5) is 24.5 Å². The Morgan fingerprint density at radius 3 is 2.03 bits per heavy atom. The van der Waals surface area contributed by atoms with E-state index in [1.54, 1.807) is 0 Å². The third-order valence-corrected chi connectivity index (χ3v) is 6.67. The molecule has 0 aliphatic carbocycles. The smallest absolute Gasteiger partial charge is 0.376 e. The van der Waals surface area contributed by atoms with Gasteiger partial charge < -0.3 is 10.6 Å². The van der Waals surface area contributed by atoms with Crippen molar-refractivity contribution in [1.29, 1.82) is 0 Å². The molecule has 2 aromatic carbocycles. The van der Waals surface area contributed by atoms with Gasteiger partial charge in [0.25, 0.3) is 0 Å². The average molecular weight is 441 g/mol. The number of halogens is 3. The standard InChI is InChI=1S/C20H22F3N3O3S/c21-20(22,23)15-4-6-16(7-5-15)24-14-19(27)25-17-8-10-18(11-9-17)30(28,29)26-12-2-1-3-13-26/h4-11,24H,1-3,12-14H2,(H,25,27). The molecular formula is C20H22F3N3O3S. The third-order valence-electron chi connectivity index (χ3n) is 4.76. The first-order valence-electron chi connectivity index (χ1n) is 9.47. The van der Waals surface area contributed by atoms with Crippen LogP contribution in [0, 0.1) is 0 Å². The van der Waals surface area contributed by atoms with Gasteiger partial charge in [-0.15, -0.1) is 0 Å². The van der Waals surface area contributed by atoms with E-state index in [9.17, 15) is 26.4 Å². The van der Waals surface area contributed by atoms with Gasteiger partial charge in [-0.3, -0.25) is 4.79 Å². The lowest BCUT2D eigenvalue weighted by atomic mass is 10.2. The fourth-order valence-electron chi connectivity index (χ4n) is 3.13. The molecule has 0 bridgehead atoms. The largest absolute Gasteiger partial charge is 0.416 e. The second-order valence-corrected chi connectivity index (χ2v) is 8.90. The van der Waals surface area contributed by atoms with E-state index < -0.39 is 27.7 Å². The summed E-state index contributed by atoms with van der Waals surface area (Å²) in [6, 6.07) is 10.3.